The summed E-state index contributed by atoms with van der Waals surface area (Å²) in [5.74, 6) is 0. The van der Waals surface area contributed by atoms with Crippen molar-refractivity contribution in [3.63, 3.8) is 0 Å². The molecule has 10 rings (SSSR count). The summed E-state index contributed by atoms with van der Waals surface area (Å²) < 4.78 is 2.45. The predicted molar refractivity (Wildman–Crippen MR) is 217 cm³/mol. The molecule has 2 heterocycles. The summed E-state index contributed by atoms with van der Waals surface area (Å²) in [4.78, 5) is 5.01. The van der Waals surface area contributed by atoms with Crippen molar-refractivity contribution in [1.82, 2.24) is 4.57 Å². The summed E-state index contributed by atoms with van der Waals surface area (Å²) in [6.07, 6.45) is 0. The lowest BCUT2D eigenvalue weighted by Gasteiger charge is -2.24. The lowest BCUT2D eigenvalue weighted by Crippen LogP contribution is -1.98. The van der Waals surface area contributed by atoms with E-state index in [1.165, 1.54) is 85.9 Å². The van der Waals surface area contributed by atoms with Crippen molar-refractivity contribution in [1.29, 1.82) is 0 Å². The van der Waals surface area contributed by atoms with E-state index in [1.807, 2.05) is 23.5 Å². The van der Waals surface area contributed by atoms with Crippen molar-refractivity contribution < 1.29 is 0 Å². The van der Waals surface area contributed by atoms with Gasteiger partial charge in [0.05, 0.1) is 11.0 Å². The van der Waals surface area contributed by atoms with Crippen LogP contribution in [-0.4, -0.2) is 4.57 Å². The van der Waals surface area contributed by atoms with Crippen LogP contribution in [0.3, 0.4) is 0 Å². The van der Waals surface area contributed by atoms with E-state index in [9.17, 15) is 0 Å². The van der Waals surface area contributed by atoms with Gasteiger partial charge in [0, 0.05) is 47.2 Å². The number of hydrogen-bond donors (Lipinski definition) is 0. The maximum atomic E-state index is 2.45. The van der Waals surface area contributed by atoms with Gasteiger partial charge in [-0.3, -0.25) is 0 Å². The Kier molecular flexibility index (Phi) is 7.41. The average molecular weight is 686 g/mol. The molecule has 0 fully saturated rings. The van der Waals surface area contributed by atoms with E-state index >= 15 is 0 Å². The summed E-state index contributed by atoms with van der Waals surface area (Å²) in [6, 6.07) is 68.8. The zero-order valence-corrected chi connectivity index (χ0v) is 29.3. The molecule has 0 saturated heterocycles. The maximum absolute atomic E-state index is 2.45. The van der Waals surface area contributed by atoms with Crippen LogP contribution in [-0.2, 0) is 0 Å². The monoisotopic (exact) mass is 685 g/mol. The highest BCUT2D eigenvalue weighted by molar-refractivity contribution is 8.00. The minimum absolute atomic E-state index is 1.16. The fourth-order valence-corrected chi connectivity index (χ4v) is 10.0. The van der Waals surface area contributed by atoms with E-state index in [-0.39, 0.29) is 0 Å². The molecular weight excluding hydrogens is 655 g/mol. The standard InChI is InChI=1S/C48H31NS2/c1-3-16-32(17-4-1)34-23-15-31-45-46(34)41-27-14-26-40(48(41)51-44-30-12-9-22-37(44)36-21-8-11-29-43(36)50-45)39-25-13-24-38-35-20-7-10-28-42(35)49(47(38)39)33-18-5-2-6-19-33/h1-31H. The van der Waals surface area contributed by atoms with Crippen LogP contribution in [0.15, 0.2) is 208 Å². The molecule has 0 N–H and O–H groups in total. The molecule has 3 heteroatoms. The Morgan fingerprint density at radius 2 is 0.863 bits per heavy atom. The third-order valence-corrected chi connectivity index (χ3v) is 12.2. The Bertz CT molecular complexity index is 2740. The van der Waals surface area contributed by atoms with Gasteiger partial charge >= 0.3 is 0 Å². The smallest absolute Gasteiger partial charge is 0.0619 e. The van der Waals surface area contributed by atoms with Crippen molar-refractivity contribution in [2.45, 2.75) is 19.6 Å². The van der Waals surface area contributed by atoms with E-state index in [1.54, 1.807) is 0 Å². The Hall–Kier alpha value is -5.74. The molecule has 0 spiro atoms. The highest BCUT2D eigenvalue weighted by Gasteiger charge is 2.25. The lowest BCUT2D eigenvalue weighted by molar-refractivity contribution is 1.18. The number of nitrogens with zero attached hydrogens (tertiary/aromatic N) is 1. The number of aromatic nitrogens is 1. The van der Waals surface area contributed by atoms with Crippen molar-refractivity contribution in [3.05, 3.63) is 188 Å². The largest absolute Gasteiger partial charge is 0.309 e. The van der Waals surface area contributed by atoms with Gasteiger partial charge in [-0.05, 0) is 69.8 Å². The predicted octanol–water partition coefficient (Wildman–Crippen LogP) is 14.1. The maximum Gasteiger partial charge on any atom is 0.0619 e. The molecule has 0 bridgehead atoms. The number of rotatable bonds is 3. The van der Waals surface area contributed by atoms with Crippen LogP contribution in [0.1, 0.15) is 0 Å². The van der Waals surface area contributed by atoms with Crippen LogP contribution in [0.5, 0.6) is 0 Å². The van der Waals surface area contributed by atoms with Crippen molar-refractivity contribution in [3.8, 4) is 50.2 Å². The van der Waals surface area contributed by atoms with E-state index < -0.39 is 0 Å². The second kappa shape index (κ2) is 12.5. The van der Waals surface area contributed by atoms with Crippen LogP contribution in [0.4, 0.5) is 0 Å². The average Bonchev–Trinajstić information content (AvgIpc) is 3.54. The van der Waals surface area contributed by atoms with Gasteiger partial charge in [-0.2, -0.15) is 0 Å². The first-order valence-corrected chi connectivity index (χ1v) is 18.9. The lowest BCUT2D eigenvalue weighted by atomic mass is 9.92. The first-order chi connectivity index (χ1) is 25.3. The Labute approximate surface area is 306 Å². The molecule has 0 radical (unpaired) electrons. The Morgan fingerprint density at radius 3 is 1.67 bits per heavy atom. The molecule has 240 valence electrons. The van der Waals surface area contributed by atoms with Crippen molar-refractivity contribution >= 4 is 45.3 Å². The van der Waals surface area contributed by atoms with Gasteiger partial charge in [-0.1, -0.05) is 175 Å². The first kappa shape index (κ1) is 30.1. The molecule has 0 unspecified atom stereocenters. The van der Waals surface area contributed by atoms with Gasteiger partial charge in [0.15, 0.2) is 0 Å². The minimum Gasteiger partial charge on any atom is -0.309 e. The molecule has 1 aliphatic rings. The quantitative estimate of drug-likeness (QED) is 0.182. The number of benzene rings is 8. The summed E-state index contributed by atoms with van der Waals surface area (Å²) in [6.45, 7) is 0. The molecule has 1 nitrogen and oxygen atoms in total. The molecule has 0 atom stereocenters. The van der Waals surface area contributed by atoms with Crippen molar-refractivity contribution in [2.24, 2.45) is 0 Å². The third-order valence-electron chi connectivity index (χ3n) is 9.89. The topological polar surface area (TPSA) is 4.93 Å². The summed E-state index contributed by atoms with van der Waals surface area (Å²) in [5, 5.41) is 2.51. The van der Waals surface area contributed by atoms with Gasteiger partial charge < -0.3 is 4.57 Å². The second-order valence-electron chi connectivity index (χ2n) is 12.8. The molecule has 0 saturated carbocycles. The van der Waals surface area contributed by atoms with Crippen LogP contribution in [0.25, 0.3) is 72.0 Å². The normalized spacial score (nSPS) is 12.2. The van der Waals surface area contributed by atoms with Crippen molar-refractivity contribution in [2.75, 3.05) is 0 Å². The van der Waals surface area contributed by atoms with E-state index in [0.29, 0.717) is 0 Å². The van der Waals surface area contributed by atoms with Gasteiger partial charge in [-0.15, -0.1) is 0 Å². The van der Waals surface area contributed by atoms with Gasteiger partial charge in [0.1, 0.15) is 0 Å². The van der Waals surface area contributed by atoms with Crippen LogP contribution in [0, 0.1) is 0 Å². The SMILES string of the molecule is c1ccc(-c2cccc3c2-c2cccc(-c4cccc5c6ccccc6n(-c6ccccc6)c45)c2Sc2ccccc2-c2ccccc2S3)cc1. The number of para-hydroxylation sites is 3. The van der Waals surface area contributed by atoms with E-state index in [4.69, 9.17) is 0 Å². The third kappa shape index (κ3) is 5.04. The Balaban J connectivity index is 1.34. The van der Waals surface area contributed by atoms with E-state index in [0.717, 1.165) is 5.69 Å². The Morgan fingerprint density at radius 1 is 0.333 bits per heavy atom. The summed E-state index contributed by atoms with van der Waals surface area (Å²) in [5.41, 5.74) is 13.5. The van der Waals surface area contributed by atoms with Crippen LogP contribution >= 0.6 is 23.5 Å². The van der Waals surface area contributed by atoms with Gasteiger partial charge in [0.2, 0.25) is 0 Å². The van der Waals surface area contributed by atoms with E-state index in [2.05, 4.69) is 193 Å². The zero-order valence-electron chi connectivity index (χ0n) is 27.7. The molecule has 1 aliphatic heterocycles. The molecule has 9 aromatic rings. The first-order valence-electron chi connectivity index (χ1n) is 17.3. The molecular formula is C48H31NS2. The summed E-state index contributed by atoms with van der Waals surface area (Å²) >= 11 is 3.76. The minimum atomic E-state index is 1.16. The molecule has 0 aliphatic carbocycles. The molecule has 51 heavy (non-hydrogen) atoms. The fraction of sp³-hybridized carbons (Fsp3) is 0. The molecule has 8 aromatic carbocycles. The van der Waals surface area contributed by atoms with Gasteiger partial charge in [-0.25, -0.2) is 0 Å². The number of fused-ring (bicyclic) bond motifs is 9. The zero-order chi connectivity index (χ0) is 33.7. The van der Waals surface area contributed by atoms with Crippen LogP contribution < -0.4 is 0 Å². The molecule has 0 amide bonds. The fourth-order valence-electron chi connectivity index (χ4n) is 7.67. The summed E-state index contributed by atoms with van der Waals surface area (Å²) in [7, 11) is 0. The highest BCUT2D eigenvalue weighted by Crippen LogP contribution is 2.53. The van der Waals surface area contributed by atoms with Crippen LogP contribution in [0.2, 0.25) is 0 Å². The number of hydrogen-bond acceptors (Lipinski definition) is 2. The molecule has 1 aromatic heterocycles. The highest BCUT2D eigenvalue weighted by atomic mass is 32.2. The van der Waals surface area contributed by atoms with Gasteiger partial charge in [0.25, 0.3) is 0 Å². The second-order valence-corrected chi connectivity index (χ2v) is 14.9.